The van der Waals surface area contributed by atoms with Gasteiger partial charge in [-0.15, -0.1) is 0 Å². The molecule has 2 aromatic carbocycles. The van der Waals surface area contributed by atoms with Gasteiger partial charge in [0.1, 0.15) is 42.4 Å². The van der Waals surface area contributed by atoms with Crippen LogP contribution >= 0.6 is 0 Å². The van der Waals surface area contributed by atoms with Crippen molar-refractivity contribution in [3.8, 4) is 5.75 Å². The maximum absolute atomic E-state index is 10.4. The van der Waals surface area contributed by atoms with Gasteiger partial charge in [0.15, 0.2) is 0 Å². The van der Waals surface area contributed by atoms with Gasteiger partial charge < -0.3 is 35.0 Å². The van der Waals surface area contributed by atoms with E-state index in [0.717, 1.165) is 41.7 Å². The van der Waals surface area contributed by atoms with E-state index in [1.807, 2.05) is 49.4 Å². The Labute approximate surface area is 187 Å². The first-order valence-corrected chi connectivity index (χ1v) is 11.2. The topological polar surface area (TPSA) is 120 Å². The van der Waals surface area contributed by atoms with Crippen molar-refractivity contribution >= 4 is 0 Å². The van der Waals surface area contributed by atoms with Crippen LogP contribution in [0.5, 0.6) is 5.75 Å². The van der Waals surface area contributed by atoms with Gasteiger partial charge in [-0.2, -0.15) is 0 Å². The fraction of sp³-hybridized carbons (Fsp3) is 0.520. The molecule has 2 fully saturated rings. The van der Waals surface area contributed by atoms with Crippen molar-refractivity contribution in [2.24, 2.45) is 0 Å². The lowest BCUT2D eigenvalue weighted by atomic mass is 9.89. The van der Waals surface area contributed by atoms with Gasteiger partial charge >= 0.3 is 0 Å². The maximum Gasteiger partial charge on any atom is 0.124 e. The molecule has 0 unspecified atom stereocenters. The molecule has 0 spiro atoms. The minimum atomic E-state index is -1.40. The third kappa shape index (κ3) is 4.83. The number of hydrogen-bond acceptors (Lipinski definition) is 7. The Hall–Kier alpha value is -2.00. The van der Waals surface area contributed by atoms with Gasteiger partial charge in [-0.25, -0.2) is 0 Å². The molecular formula is C25H32O7. The average molecular weight is 445 g/mol. The molecule has 7 atom stereocenters. The molecule has 4 rings (SSSR count). The summed E-state index contributed by atoms with van der Waals surface area (Å²) in [5.41, 5.74) is 3.88. The zero-order valence-electron chi connectivity index (χ0n) is 18.2. The van der Waals surface area contributed by atoms with E-state index >= 15 is 0 Å². The molecule has 1 heterocycles. The lowest BCUT2D eigenvalue weighted by Gasteiger charge is -2.40. The molecule has 174 valence electrons. The fourth-order valence-corrected chi connectivity index (χ4v) is 4.56. The fourth-order valence-electron chi connectivity index (χ4n) is 4.56. The maximum atomic E-state index is 10.4. The molecule has 32 heavy (non-hydrogen) atoms. The SMILES string of the molecule is Cc1ccc([C@@H]2O[C@H](CO)[C@@H](O)[C@H](O)[C@H]2O)cc1Cc1ccc(O[C@@H]2CCC[C@@H]2O)cc1. The Morgan fingerprint density at radius 3 is 2.34 bits per heavy atom. The summed E-state index contributed by atoms with van der Waals surface area (Å²) in [6.07, 6.45) is -3.11. The Balaban J connectivity index is 1.48. The summed E-state index contributed by atoms with van der Waals surface area (Å²) in [4.78, 5) is 0. The van der Waals surface area contributed by atoms with Gasteiger partial charge in [0.25, 0.3) is 0 Å². The molecule has 0 amide bonds. The molecule has 7 heteroatoms. The molecule has 1 saturated heterocycles. The lowest BCUT2D eigenvalue weighted by molar-refractivity contribution is -0.231. The number of aliphatic hydroxyl groups is 5. The highest BCUT2D eigenvalue weighted by Gasteiger charge is 2.44. The van der Waals surface area contributed by atoms with Crippen molar-refractivity contribution in [1.29, 1.82) is 0 Å². The van der Waals surface area contributed by atoms with E-state index in [0.29, 0.717) is 12.0 Å². The van der Waals surface area contributed by atoms with Crippen LogP contribution in [0.3, 0.4) is 0 Å². The first-order chi connectivity index (χ1) is 15.4. The quantitative estimate of drug-likeness (QED) is 0.457. The highest BCUT2D eigenvalue weighted by molar-refractivity contribution is 5.38. The average Bonchev–Trinajstić information content (AvgIpc) is 3.19. The van der Waals surface area contributed by atoms with Gasteiger partial charge in [-0.3, -0.25) is 0 Å². The Bertz CT molecular complexity index is 898. The molecule has 7 nitrogen and oxygen atoms in total. The Morgan fingerprint density at radius 2 is 1.69 bits per heavy atom. The predicted octanol–water partition coefficient (Wildman–Crippen LogP) is 1.39. The van der Waals surface area contributed by atoms with E-state index in [-0.39, 0.29) is 6.10 Å². The molecule has 1 saturated carbocycles. The van der Waals surface area contributed by atoms with Crippen molar-refractivity contribution in [2.45, 2.75) is 75.3 Å². The van der Waals surface area contributed by atoms with Crippen molar-refractivity contribution in [2.75, 3.05) is 6.61 Å². The molecule has 5 N–H and O–H groups in total. The zero-order chi connectivity index (χ0) is 22.8. The van der Waals surface area contributed by atoms with E-state index in [4.69, 9.17) is 9.47 Å². The smallest absolute Gasteiger partial charge is 0.124 e. The molecule has 0 bridgehead atoms. The molecule has 1 aliphatic heterocycles. The van der Waals surface area contributed by atoms with Crippen molar-refractivity contribution in [3.05, 3.63) is 64.7 Å². The van der Waals surface area contributed by atoms with E-state index in [9.17, 15) is 25.5 Å². The van der Waals surface area contributed by atoms with E-state index < -0.39 is 43.2 Å². The molecule has 1 aliphatic carbocycles. The number of aliphatic hydroxyl groups excluding tert-OH is 5. The monoisotopic (exact) mass is 444 g/mol. The summed E-state index contributed by atoms with van der Waals surface area (Å²) in [6.45, 7) is 1.55. The molecule has 2 aromatic rings. The van der Waals surface area contributed by atoms with E-state index in [1.54, 1.807) is 0 Å². The second kappa shape index (κ2) is 9.87. The van der Waals surface area contributed by atoms with Gasteiger partial charge in [0, 0.05) is 0 Å². The highest BCUT2D eigenvalue weighted by Crippen LogP contribution is 2.33. The number of hydrogen-bond donors (Lipinski definition) is 5. The summed E-state index contributed by atoms with van der Waals surface area (Å²) < 4.78 is 11.6. The number of aryl methyl sites for hydroxylation is 1. The minimum Gasteiger partial charge on any atom is -0.488 e. The Morgan fingerprint density at radius 1 is 0.938 bits per heavy atom. The molecular weight excluding hydrogens is 412 g/mol. The largest absolute Gasteiger partial charge is 0.488 e. The molecule has 0 aromatic heterocycles. The molecule has 2 aliphatic rings. The van der Waals surface area contributed by atoms with Crippen LogP contribution in [0.25, 0.3) is 0 Å². The number of ether oxygens (including phenoxy) is 2. The van der Waals surface area contributed by atoms with Gasteiger partial charge in [-0.1, -0.05) is 30.3 Å². The second-order valence-corrected chi connectivity index (χ2v) is 8.91. The summed E-state index contributed by atoms with van der Waals surface area (Å²) in [7, 11) is 0. The van der Waals surface area contributed by atoms with E-state index in [1.165, 1.54) is 0 Å². The first-order valence-electron chi connectivity index (χ1n) is 11.2. The third-order valence-corrected chi connectivity index (χ3v) is 6.62. The normalized spacial score (nSPS) is 32.8. The van der Waals surface area contributed by atoms with Crippen molar-refractivity contribution in [3.63, 3.8) is 0 Å². The van der Waals surface area contributed by atoms with Crippen molar-refractivity contribution < 1.29 is 35.0 Å². The van der Waals surface area contributed by atoms with Gasteiger partial charge in [0.05, 0.1) is 12.7 Å². The van der Waals surface area contributed by atoms with Crippen LogP contribution in [0.2, 0.25) is 0 Å². The second-order valence-electron chi connectivity index (χ2n) is 8.91. The summed E-state index contributed by atoms with van der Waals surface area (Å²) in [5.74, 6) is 0.742. The van der Waals surface area contributed by atoms with E-state index in [2.05, 4.69) is 0 Å². The van der Waals surface area contributed by atoms with Crippen LogP contribution in [0.1, 0.15) is 47.6 Å². The van der Waals surface area contributed by atoms with Gasteiger partial charge in [0.2, 0.25) is 0 Å². The third-order valence-electron chi connectivity index (χ3n) is 6.62. The lowest BCUT2D eigenvalue weighted by Crippen LogP contribution is -2.55. The Kier molecular flexibility index (Phi) is 7.14. The first kappa shape index (κ1) is 23.2. The standard InChI is InChI=1S/C25H32O7/c1-14-5-8-16(25-24(30)23(29)22(28)21(13-26)32-25)12-17(14)11-15-6-9-18(10-7-15)31-20-4-2-3-19(20)27/h5-10,12,19-30H,2-4,11,13H2,1H3/t19-,20+,21+,22+,23-,24+,25-/m0/s1. The van der Waals surface area contributed by atoms with Crippen LogP contribution < -0.4 is 4.74 Å². The van der Waals surface area contributed by atoms with Crippen LogP contribution in [0, 0.1) is 6.92 Å². The summed E-state index contributed by atoms with van der Waals surface area (Å²) in [6, 6.07) is 13.5. The number of rotatable bonds is 6. The van der Waals surface area contributed by atoms with Crippen LogP contribution in [-0.2, 0) is 11.2 Å². The summed E-state index contributed by atoms with van der Waals surface area (Å²) >= 11 is 0. The van der Waals surface area contributed by atoms with Crippen molar-refractivity contribution in [1.82, 2.24) is 0 Å². The zero-order valence-corrected chi connectivity index (χ0v) is 18.2. The predicted molar refractivity (Wildman–Crippen MR) is 117 cm³/mol. The van der Waals surface area contributed by atoms with Crippen LogP contribution in [0.15, 0.2) is 42.5 Å². The molecule has 0 radical (unpaired) electrons. The summed E-state index contributed by atoms with van der Waals surface area (Å²) in [5, 5.41) is 50.0. The van der Waals surface area contributed by atoms with Gasteiger partial charge in [-0.05, 0) is 67.0 Å². The highest BCUT2D eigenvalue weighted by atomic mass is 16.5. The number of benzene rings is 2. The van der Waals surface area contributed by atoms with Crippen LogP contribution in [-0.4, -0.2) is 68.8 Å². The minimum absolute atomic E-state index is 0.140. The van der Waals surface area contributed by atoms with Crippen LogP contribution in [0.4, 0.5) is 0 Å².